The average Bonchev–Trinajstić information content (AvgIpc) is 3.51. The predicted octanol–water partition coefficient (Wildman–Crippen LogP) is 4.99. The van der Waals surface area contributed by atoms with E-state index in [0.717, 1.165) is 48.0 Å². The summed E-state index contributed by atoms with van der Waals surface area (Å²) in [5, 5.41) is 9.88. The van der Waals surface area contributed by atoms with E-state index in [1.165, 1.54) is 11.8 Å². The minimum atomic E-state index is -2.99. The van der Waals surface area contributed by atoms with Crippen LogP contribution in [-0.4, -0.2) is 64.9 Å². The van der Waals surface area contributed by atoms with E-state index in [4.69, 9.17) is 4.98 Å². The van der Waals surface area contributed by atoms with E-state index in [1.54, 1.807) is 23.1 Å². The smallest absolute Gasteiger partial charge is 0.164 e. The van der Waals surface area contributed by atoms with Gasteiger partial charge in [0.1, 0.15) is 21.5 Å². The van der Waals surface area contributed by atoms with Gasteiger partial charge >= 0.3 is 0 Å². The number of nitrogens with zero attached hydrogens (tertiary/aromatic N) is 6. The minimum absolute atomic E-state index is 0.154. The first-order valence-corrected chi connectivity index (χ1v) is 15.7. The number of alkyl halides is 1. The Labute approximate surface area is 233 Å². The van der Waals surface area contributed by atoms with Crippen LogP contribution in [0.3, 0.4) is 0 Å². The van der Waals surface area contributed by atoms with Crippen LogP contribution in [0.15, 0.2) is 49.1 Å². The summed E-state index contributed by atoms with van der Waals surface area (Å²) in [4.78, 5) is 16.0. The van der Waals surface area contributed by atoms with Gasteiger partial charge in [-0.25, -0.2) is 23.4 Å². The van der Waals surface area contributed by atoms with Crippen molar-refractivity contribution in [3.05, 3.63) is 54.6 Å². The van der Waals surface area contributed by atoms with Crippen LogP contribution in [0.4, 0.5) is 21.7 Å². The molecular formula is C29H34FN7O2S. The van der Waals surface area contributed by atoms with Crippen molar-refractivity contribution in [1.29, 1.82) is 0 Å². The quantitative estimate of drug-likeness (QED) is 0.288. The van der Waals surface area contributed by atoms with Crippen molar-refractivity contribution in [3.8, 4) is 11.4 Å². The molecule has 1 aliphatic heterocycles. The number of nitrogens with one attached hydrogen (secondary N) is 1. The van der Waals surface area contributed by atoms with Gasteiger partial charge in [0.2, 0.25) is 0 Å². The van der Waals surface area contributed by atoms with Crippen LogP contribution in [-0.2, 0) is 16.4 Å². The molecule has 4 aromatic rings. The van der Waals surface area contributed by atoms with E-state index >= 15 is 0 Å². The summed E-state index contributed by atoms with van der Waals surface area (Å²) in [5.41, 5.74) is 2.82. The monoisotopic (exact) mass is 563 g/mol. The van der Waals surface area contributed by atoms with E-state index in [-0.39, 0.29) is 23.8 Å². The van der Waals surface area contributed by atoms with E-state index in [2.05, 4.69) is 51.3 Å². The fourth-order valence-corrected chi connectivity index (χ4v) is 6.58. The molecule has 40 heavy (non-hydrogen) atoms. The average molecular weight is 564 g/mol. The van der Waals surface area contributed by atoms with Gasteiger partial charge in [-0.3, -0.25) is 9.07 Å². The Morgan fingerprint density at radius 1 is 1.10 bits per heavy atom. The Morgan fingerprint density at radius 2 is 1.90 bits per heavy atom. The van der Waals surface area contributed by atoms with E-state index < -0.39 is 9.84 Å². The van der Waals surface area contributed by atoms with Gasteiger partial charge in [-0.15, -0.1) is 0 Å². The number of hydrogen-bond acceptors (Lipinski definition) is 8. The van der Waals surface area contributed by atoms with Crippen molar-refractivity contribution in [2.45, 2.75) is 39.2 Å². The Morgan fingerprint density at radius 3 is 2.60 bits per heavy atom. The van der Waals surface area contributed by atoms with Crippen LogP contribution in [0, 0.1) is 11.3 Å². The number of halogens is 1. The molecule has 0 radical (unpaired) electrons. The minimum Gasteiger partial charge on any atom is -0.370 e. The highest BCUT2D eigenvalue weighted by Crippen LogP contribution is 2.47. The van der Waals surface area contributed by atoms with Crippen LogP contribution >= 0.6 is 0 Å². The molecule has 0 amide bonds. The second-order valence-electron chi connectivity index (χ2n) is 11.8. The fraction of sp³-hybridized carbons (Fsp3) is 0.448. The van der Waals surface area contributed by atoms with Gasteiger partial charge in [-0.1, -0.05) is 19.9 Å². The van der Waals surface area contributed by atoms with Crippen molar-refractivity contribution < 1.29 is 12.8 Å². The summed E-state index contributed by atoms with van der Waals surface area (Å²) in [6.45, 7) is 6.03. The lowest BCUT2D eigenvalue weighted by molar-refractivity contribution is 0.294. The SMILES string of the molecule is CC(C)c1ccc(N2CC(CS(C)(=O)=O)C2)c2cnc(Nc3ccnc(-c4cnn(CC5(CF)CC5)c4)n3)cc12. The number of aromatic nitrogens is 5. The largest absolute Gasteiger partial charge is 0.370 e. The van der Waals surface area contributed by atoms with Gasteiger partial charge in [-0.05, 0) is 47.9 Å². The third kappa shape index (κ3) is 5.52. The third-order valence-corrected chi connectivity index (χ3v) is 8.99. The molecule has 1 aliphatic carbocycles. The zero-order chi connectivity index (χ0) is 28.1. The van der Waals surface area contributed by atoms with Gasteiger partial charge in [-0.2, -0.15) is 5.10 Å². The van der Waals surface area contributed by atoms with E-state index in [1.807, 2.05) is 18.5 Å². The lowest BCUT2D eigenvalue weighted by Gasteiger charge is -2.41. The number of rotatable bonds is 10. The van der Waals surface area contributed by atoms with Crippen LogP contribution in [0.5, 0.6) is 0 Å². The van der Waals surface area contributed by atoms with Gasteiger partial charge in [0.15, 0.2) is 5.82 Å². The third-order valence-electron chi connectivity index (χ3n) is 7.91. The summed E-state index contributed by atoms with van der Waals surface area (Å²) in [5.74, 6) is 2.51. The highest BCUT2D eigenvalue weighted by atomic mass is 32.2. The summed E-state index contributed by atoms with van der Waals surface area (Å²) < 4.78 is 38.5. The van der Waals surface area contributed by atoms with Crippen molar-refractivity contribution >= 4 is 37.9 Å². The van der Waals surface area contributed by atoms with Gasteiger partial charge in [0.05, 0.1) is 24.2 Å². The number of sulfone groups is 1. The maximum Gasteiger partial charge on any atom is 0.164 e. The zero-order valence-electron chi connectivity index (χ0n) is 23.0. The molecule has 210 valence electrons. The second kappa shape index (κ2) is 10.1. The van der Waals surface area contributed by atoms with Crippen LogP contribution in [0.25, 0.3) is 22.2 Å². The Kier molecular flexibility index (Phi) is 6.72. The van der Waals surface area contributed by atoms with Crippen molar-refractivity contribution in [3.63, 3.8) is 0 Å². The molecular weight excluding hydrogens is 529 g/mol. The van der Waals surface area contributed by atoms with Gasteiger partial charge in [0.25, 0.3) is 0 Å². The summed E-state index contributed by atoms with van der Waals surface area (Å²) in [7, 11) is -2.99. The fourth-order valence-electron chi connectivity index (χ4n) is 5.51. The Bertz CT molecular complexity index is 1660. The molecule has 4 heterocycles. The van der Waals surface area contributed by atoms with Crippen molar-refractivity contribution in [2.24, 2.45) is 11.3 Å². The molecule has 3 aromatic heterocycles. The van der Waals surface area contributed by atoms with Crippen LogP contribution in [0.1, 0.15) is 38.2 Å². The summed E-state index contributed by atoms with van der Waals surface area (Å²) in [6, 6.07) is 8.13. The van der Waals surface area contributed by atoms with E-state index in [9.17, 15) is 12.8 Å². The molecule has 1 N–H and O–H groups in total. The maximum absolute atomic E-state index is 13.3. The predicted molar refractivity (Wildman–Crippen MR) is 155 cm³/mol. The number of hydrogen-bond donors (Lipinski definition) is 1. The molecule has 1 saturated carbocycles. The zero-order valence-corrected chi connectivity index (χ0v) is 23.8. The number of benzene rings is 1. The molecule has 9 nitrogen and oxygen atoms in total. The molecule has 2 aliphatic rings. The molecule has 0 bridgehead atoms. The first-order valence-electron chi connectivity index (χ1n) is 13.7. The van der Waals surface area contributed by atoms with Crippen molar-refractivity contribution in [1.82, 2.24) is 24.7 Å². The highest BCUT2D eigenvalue weighted by Gasteiger charge is 2.43. The second-order valence-corrected chi connectivity index (χ2v) is 13.9. The Hall–Kier alpha value is -3.60. The molecule has 1 saturated heterocycles. The van der Waals surface area contributed by atoms with Gasteiger partial charge in [0, 0.05) is 66.9 Å². The highest BCUT2D eigenvalue weighted by molar-refractivity contribution is 7.90. The molecule has 6 rings (SSSR count). The van der Waals surface area contributed by atoms with Crippen LogP contribution in [0.2, 0.25) is 0 Å². The topological polar surface area (TPSA) is 106 Å². The standard InChI is InChI=1S/C29H34FN7O2S/c1-19(2)22-4-5-25(36-13-20(14-36)16-40(3,38)39)24-12-32-27(10-23(22)24)34-26-6-9-31-28(35-26)21-11-33-37(15-21)18-29(17-30)7-8-29/h4-6,9-12,15,19-20H,7-8,13-14,16-18H2,1-3H3,(H,31,32,34,35). The van der Waals surface area contributed by atoms with E-state index in [0.29, 0.717) is 29.9 Å². The molecule has 0 spiro atoms. The lowest BCUT2D eigenvalue weighted by atomic mass is 9.93. The van der Waals surface area contributed by atoms with Gasteiger partial charge < -0.3 is 10.2 Å². The number of fused-ring (bicyclic) bond motifs is 1. The first kappa shape index (κ1) is 26.6. The lowest BCUT2D eigenvalue weighted by Crippen LogP contribution is -2.49. The normalized spacial score (nSPS) is 16.9. The van der Waals surface area contributed by atoms with Crippen molar-refractivity contribution in [2.75, 3.05) is 42.0 Å². The molecule has 11 heteroatoms. The summed E-state index contributed by atoms with van der Waals surface area (Å²) in [6.07, 6.45) is 10.3. The number of pyridine rings is 1. The van der Waals surface area contributed by atoms with Crippen LogP contribution < -0.4 is 10.2 Å². The molecule has 1 aromatic carbocycles. The Balaban J connectivity index is 1.23. The molecule has 0 atom stereocenters. The molecule has 2 fully saturated rings. The number of anilines is 3. The maximum atomic E-state index is 13.3. The summed E-state index contributed by atoms with van der Waals surface area (Å²) >= 11 is 0. The first-order chi connectivity index (χ1) is 19.1. The molecule has 0 unspecified atom stereocenters.